The highest BCUT2D eigenvalue weighted by Gasteiger charge is 2.24. The van der Waals surface area contributed by atoms with Gasteiger partial charge >= 0.3 is 6.09 Å². The Labute approximate surface area is 135 Å². The van der Waals surface area contributed by atoms with E-state index in [0.717, 1.165) is 0 Å². The second-order valence-corrected chi connectivity index (χ2v) is 5.74. The Morgan fingerprint density at radius 1 is 1.13 bits per heavy atom. The predicted octanol–water partition coefficient (Wildman–Crippen LogP) is 3.34. The second kappa shape index (κ2) is 7.44. The molecule has 2 aromatic carbocycles. The van der Waals surface area contributed by atoms with Gasteiger partial charge in [0.25, 0.3) is 0 Å². The highest BCUT2D eigenvalue weighted by atomic mass is 16.7. The van der Waals surface area contributed by atoms with Crippen LogP contribution in [-0.4, -0.2) is 37.2 Å². The number of rotatable bonds is 5. The van der Waals surface area contributed by atoms with Crippen molar-refractivity contribution >= 4 is 16.9 Å². The first kappa shape index (κ1) is 15.8. The molecule has 1 aliphatic rings. The molecule has 1 amide bonds. The van der Waals surface area contributed by atoms with E-state index in [4.69, 9.17) is 14.6 Å². The van der Waals surface area contributed by atoms with Gasteiger partial charge < -0.3 is 19.9 Å². The maximum absolute atomic E-state index is 10.4. The molecule has 2 N–H and O–H groups in total. The first-order chi connectivity index (χ1) is 11.2. The largest absolute Gasteiger partial charge is 0.465 e. The molecule has 5 nitrogen and oxygen atoms in total. The zero-order chi connectivity index (χ0) is 16.1. The van der Waals surface area contributed by atoms with Gasteiger partial charge in [-0.15, -0.1) is 0 Å². The van der Waals surface area contributed by atoms with Gasteiger partial charge in [0.2, 0.25) is 0 Å². The Hall–Kier alpha value is -2.11. The third-order valence-corrected chi connectivity index (χ3v) is 4.12. The van der Waals surface area contributed by atoms with Crippen molar-refractivity contribution in [1.29, 1.82) is 0 Å². The van der Waals surface area contributed by atoms with Crippen LogP contribution in [0.1, 0.15) is 24.3 Å². The Kier molecular flexibility index (Phi) is 5.10. The Morgan fingerprint density at radius 3 is 2.65 bits per heavy atom. The number of amides is 1. The monoisotopic (exact) mass is 315 g/mol. The summed E-state index contributed by atoms with van der Waals surface area (Å²) in [6.45, 7) is 1.68. The van der Waals surface area contributed by atoms with Gasteiger partial charge in [-0.05, 0) is 22.8 Å². The van der Waals surface area contributed by atoms with E-state index in [1.807, 2.05) is 6.07 Å². The maximum atomic E-state index is 10.4. The Balaban J connectivity index is 1.55. The van der Waals surface area contributed by atoms with E-state index in [0.29, 0.717) is 32.6 Å². The van der Waals surface area contributed by atoms with Gasteiger partial charge in [-0.3, -0.25) is 0 Å². The summed E-state index contributed by atoms with van der Waals surface area (Å²) in [7, 11) is 0. The lowest BCUT2D eigenvalue weighted by atomic mass is 9.94. The molecular formula is C18H21NO4. The molecule has 122 valence electrons. The van der Waals surface area contributed by atoms with Crippen LogP contribution in [0.15, 0.2) is 42.5 Å². The molecule has 2 aromatic rings. The van der Waals surface area contributed by atoms with E-state index < -0.39 is 6.09 Å². The summed E-state index contributed by atoms with van der Waals surface area (Å²) in [6, 6.07) is 14.7. The van der Waals surface area contributed by atoms with Gasteiger partial charge in [0, 0.05) is 18.9 Å². The number of hydrogen-bond acceptors (Lipinski definition) is 3. The molecule has 0 atom stereocenters. The minimum Gasteiger partial charge on any atom is -0.465 e. The van der Waals surface area contributed by atoms with E-state index >= 15 is 0 Å². The predicted molar refractivity (Wildman–Crippen MR) is 87.6 cm³/mol. The van der Waals surface area contributed by atoms with E-state index in [-0.39, 0.29) is 12.2 Å². The lowest BCUT2D eigenvalue weighted by Crippen LogP contribution is -2.32. The van der Waals surface area contributed by atoms with Gasteiger partial charge in [0.05, 0.1) is 13.2 Å². The molecule has 0 bridgehead atoms. The molecule has 5 heteroatoms. The molecule has 0 aliphatic carbocycles. The number of ether oxygens (including phenoxy) is 2. The van der Waals surface area contributed by atoms with Crippen LogP contribution in [0.3, 0.4) is 0 Å². The summed E-state index contributed by atoms with van der Waals surface area (Å²) in [4.78, 5) is 10.4. The maximum Gasteiger partial charge on any atom is 0.404 e. The summed E-state index contributed by atoms with van der Waals surface area (Å²) in [6.07, 6.45) is 0.168. The normalized spacial score (nSPS) is 21.2. The van der Waals surface area contributed by atoms with Crippen LogP contribution in [0.4, 0.5) is 4.79 Å². The molecule has 1 fully saturated rings. The highest BCUT2D eigenvalue weighted by Crippen LogP contribution is 2.29. The number of carbonyl (C=O) groups is 1. The minimum atomic E-state index is -0.994. The van der Waals surface area contributed by atoms with Crippen molar-refractivity contribution in [3.63, 3.8) is 0 Å². The number of carboxylic acid groups (broad SMARTS) is 1. The first-order valence-corrected chi connectivity index (χ1v) is 7.91. The third kappa shape index (κ3) is 4.00. The molecule has 23 heavy (non-hydrogen) atoms. The molecule has 1 aliphatic heterocycles. The highest BCUT2D eigenvalue weighted by molar-refractivity contribution is 5.86. The SMILES string of the molecule is O=C(O)NCCC[C@H]1OC[C@H](c2cccc3ccccc32)CO1. The lowest BCUT2D eigenvalue weighted by Gasteiger charge is -2.30. The quantitative estimate of drug-likeness (QED) is 0.830. The van der Waals surface area contributed by atoms with Crippen molar-refractivity contribution < 1.29 is 19.4 Å². The van der Waals surface area contributed by atoms with Gasteiger partial charge in [-0.1, -0.05) is 42.5 Å². The molecule has 1 heterocycles. The van der Waals surface area contributed by atoms with Crippen LogP contribution >= 0.6 is 0 Å². The minimum absolute atomic E-state index is 0.231. The summed E-state index contributed by atoms with van der Waals surface area (Å²) in [5, 5.41) is 13.3. The van der Waals surface area contributed by atoms with Crippen molar-refractivity contribution in [2.45, 2.75) is 25.0 Å². The van der Waals surface area contributed by atoms with Crippen LogP contribution in [-0.2, 0) is 9.47 Å². The molecule has 0 unspecified atom stereocenters. The van der Waals surface area contributed by atoms with Crippen LogP contribution in [0.25, 0.3) is 10.8 Å². The van der Waals surface area contributed by atoms with Crippen LogP contribution in [0.2, 0.25) is 0 Å². The summed E-state index contributed by atoms with van der Waals surface area (Å²) in [5.74, 6) is 0.231. The topological polar surface area (TPSA) is 67.8 Å². The lowest BCUT2D eigenvalue weighted by molar-refractivity contribution is -0.189. The van der Waals surface area contributed by atoms with Crippen molar-refractivity contribution in [1.82, 2.24) is 5.32 Å². The van der Waals surface area contributed by atoms with E-state index in [1.54, 1.807) is 0 Å². The van der Waals surface area contributed by atoms with Gasteiger partial charge in [-0.2, -0.15) is 0 Å². The standard InChI is InChI=1S/C18H21NO4/c20-18(21)19-10-4-9-17-22-11-14(12-23-17)16-8-3-6-13-5-1-2-7-15(13)16/h1-3,5-8,14,17,19H,4,9-12H2,(H,20,21)/t14-,17-. The van der Waals surface area contributed by atoms with E-state index in [9.17, 15) is 4.79 Å². The number of benzene rings is 2. The smallest absolute Gasteiger partial charge is 0.404 e. The molecular weight excluding hydrogens is 294 g/mol. The van der Waals surface area contributed by atoms with Crippen molar-refractivity contribution in [3.05, 3.63) is 48.0 Å². The fraction of sp³-hybridized carbons (Fsp3) is 0.389. The third-order valence-electron chi connectivity index (χ3n) is 4.12. The first-order valence-electron chi connectivity index (χ1n) is 7.91. The molecule has 3 rings (SSSR count). The molecule has 0 aromatic heterocycles. The number of nitrogens with one attached hydrogen (secondary N) is 1. The second-order valence-electron chi connectivity index (χ2n) is 5.74. The van der Waals surface area contributed by atoms with Crippen molar-refractivity contribution in [2.24, 2.45) is 0 Å². The Bertz CT molecular complexity index is 660. The van der Waals surface area contributed by atoms with Crippen LogP contribution < -0.4 is 5.32 Å². The van der Waals surface area contributed by atoms with Crippen molar-refractivity contribution in [3.8, 4) is 0 Å². The summed E-state index contributed by atoms with van der Waals surface area (Å²) >= 11 is 0. The molecule has 0 saturated carbocycles. The van der Waals surface area contributed by atoms with Gasteiger partial charge in [0.1, 0.15) is 0 Å². The molecule has 0 radical (unpaired) electrons. The average molecular weight is 315 g/mol. The molecule has 1 saturated heterocycles. The average Bonchev–Trinajstić information content (AvgIpc) is 2.59. The van der Waals surface area contributed by atoms with E-state index in [1.165, 1.54) is 16.3 Å². The van der Waals surface area contributed by atoms with Crippen molar-refractivity contribution in [2.75, 3.05) is 19.8 Å². The zero-order valence-corrected chi connectivity index (χ0v) is 12.9. The van der Waals surface area contributed by atoms with Gasteiger partial charge in [0.15, 0.2) is 6.29 Å². The van der Waals surface area contributed by atoms with Gasteiger partial charge in [-0.25, -0.2) is 4.79 Å². The van der Waals surface area contributed by atoms with Crippen LogP contribution in [0.5, 0.6) is 0 Å². The van der Waals surface area contributed by atoms with E-state index in [2.05, 4.69) is 41.7 Å². The summed E-state index contributed by atoms with van der Waals surface area (Å²) in [5.41, 5.74) is 1.26. The number of fused-ring (bicyclic) bond motifs is 1. The fourth-order valence-corrected chi connectivity index (χ4v) is 2.96. The Morgan fingerprint density at radius 2 is 1.87 bits per heavy atom. The van der Waals surface area contributed by atoms with Crippen LogP contribution in [0, 0.1) is 0 Å². The fourth-order valence-electron chi connectivity index (χ4n) is 2.96. The zero-order valence-electron chi connectivity index (χ0n) is 12.9. The summed E-state index contributed by atoms with van der Waals surface area (Å²) < 4.78 is 11.6. The molecule has 0 spiro atoms. The number of hydrogen-bond donors (Lipinski definition) is 2.